The molecule has 0 saturated heterocycles. The third-order valence-corrected chi connectivity index (χ3v) is 8.08. The zero-order valence-electron chi connectivity index (χ0n) is 20.6. The molecule has 0 bridgehead atoms. The number of H-pyrrole nitrogens is 1. The van der Waals surface area contributed by atoms with Gasteiger partial charge in [0.15, 0.2) is 5.65 Å². The van der Waals surface area contributed by atoms with Gasteiger partial charge in [0.2, 0.25) is 11.5 Å². The van der Waals surface area contributed by atoms with Crippen molar-refractivity contribution in [3.63, 3.8) is 0 Å². The van der Waals surface area contributed by atoms with Gasteiger partial charge in [0.1, 0.15) is 5.82 Å². The molecule has 3 aromatic rings. The van der Waals surface area contributed by atoms with Crippen molar-refractivity contribution in [1.29, 1.82) is 0 Å². The van der Waals surface area contributed by atoms with Crippen molar-refractivity contribution in [2.75, 3.05) is 0 Å². The molecule has 0 radical (unpaired) electrons. The highest BCUT2D eigenvalue weighted by Gasteiger charge is 2.46. The van der Waals surface area contributed by atoms with Crippen molar-refractivity contribution in [3.05, 3.63) is 72.4 Å². The number of aromatic nitrogens is 4. The fourth-order valence-corrected chi connectivity index (χ4v) is 5.81. The molecule has 3 heterocycles. The number of halogens is 4. The van der Waals surface area contributed by atoms with Gasteiger partial charge in [0, 0.05) is 56.1 Å². The first-order valence-corrected chi connectivity index (χ1v) is 12.4. The lowest BCUT2D eigenvalue weighted by atomic mass is 9.73. The van der Waals surface area contributed by atoms with Crippen LogP contribution in [0.25, 0.3) is 11.0 Å². The van der Waals surface area contributed by atoms with E-state index in [0.717, 1.165) is 0 Å². The van der Waals surface area contributed by atoms with Crippen molar-refractivity contribution < 1.29 is 17.6 Å². The predicted octanol–water partition coefficient (Wildman–Crippen LogP) is 4.53. The first-order chi connectivity index (χ1) is 17.4. The van der Waals surface area contributed by atoms with Gasteiger partial charge in [-0.15, -0.1) is 0 Å². The van der Waals surface area contributed by atoms with Crippen molar-refractivity contribution in [2.24, 2.45) is 7.05 Å². The molecule has 2 saturated carbocycles. The summed E-state index contributed by atoms with van der Waals surface area (Å²) < 4.78 is 60.5. The Kier molecular flexibility index (Phi) is 6.15. The summed E-state index contributed by atoms with van der Waals surface area (Å²) in [5.74, 6) is -7.31. The zero-order chi connectivity index (χ0) is 26.7. The van der Waals surface area contributed by atoms with Crippen molar-refractivity contribution in [3.8, 4) is 0 Å². The normalized spacial score (nSPS) is 23.8. The number of nitrogens with one attached hydrogen (secondary N) is 1. The van der Waals surface area contributed by atoms with Crippen LogP contribution in [0.2, 0.25) is 0 Å². The molecule has 0 aliphatic heterocycles. The highest BCUT2D eigenvalue weighted by molar-refractivity contribution is 5.75. The average molecular weight is 521 g/mol. The largest absolute Gasteiger partial charge is 0.329 e. The van der Waals surface area contributed by atoms with Crippen LogP contribution in [0.3, 0.4) is 0 Å². The van der Waals surface area contributed by atoms with E-state index in [1.54, 1.807) is 14.0 Å². The summed E-state index contributed by atoms with van der Waals surface area (Å²) >= 11 is 0. The average Bonchev–Trinajstić information content (AvgIpc) is 2.84. The highest BCUT2D eigenvalue weighted by Crippen LogP contribution is 2.49. The SMILES string of the molecule is Cc1nc2c(cc(C3CCC(F)(F)C(c4ccc(=O)[nH]c4)C3)c(=O)n2C2CCC(F)(F)CC2)c(=O)n1C. The van der Waals surface area contributed by atoms with E-state index in [4.69, 9.17) is 0 Å². The van der Waals surface area contributed by atoms with Gasteiger partial charge in [-0.3, -0.25) is 23.5 Å². The third-order valence-electron chi connectivity index (χ3n) is 8.08. The molecular weight excluding hydrogens is 492 g/mol. The topological polar surface area (TPSA) is 89.8 Å². The van der Waals surface area contributed by atoms with Crippen LogP contribution in [0, 0.1) is 6.92 Å². The molecule has 37 heavy (non-hydrogen) atoms. The highest BCUT2D eigenvalue weighted by atomic mass is 19.3. The van der Waals surface area contributed by atoms with E-state index in [1.807, 2.05) is 0 Å². The van der Waals surface area contributed by atoms with E-state index in [9.17, 15) is 31.9 Å². The lowest BCUT2D eigenvalue weighted by Crippen LogP contribution is -2.38. The van der Waals surface area contributed by atoms with Crippen molar-refractivity contribution in [1.82, 2.24) is 19.1 Å². The Balaban J connectivity index is 1.65. The molecule has 7 nitrogen and oxygen atoms in total. The molecule has 0 spiro atoms. The molecule has 3 aromatic heterocycles. The lowest BCUT2D eigenvalue weighted by Gasteiger charge is -2.36. The van der Waals surface area contributed by atoms with Crippen LogP contribution in [-0.4, -0.2) is 30.9 Å². The Morgan fingerprint density at radius 3 is 2.35 bits per heavy atom. The second kappa shape index (κ2) is 8.95. The maximum Gasteiger partial charge on any atom is 0.262 e. The Morgan fingerprint density at radius 2 is 1.70 bits per heavy atom. The molecular formula is C26H28F4N4O3. The smallest absolute Gasteiger partial charge is 0.262 e. The number of aromatic amines is 1. The third kappa shape index (κ3) is 4.53. The Bertz CT molecular complexity index is 1510. The molecule has 2 atom stereocenters. The van der Waals surface area contributed by atoms with E-state index in [0.29, 0.717) is 5.82 Å². The van der Waals surface area contributed by atoms with Gasteiger partial charge in [-0.2, -0.15) is 0 Å². The number of nitrogens with zero attached hydrogens (tertiary/aromatic N) is 3. The van der Waals surface area contributed by atoms with Crippen molar-refractivity contribution in [2.45, 2.75) is 81.6 Å². The molecule has 0 amide bonds. The Morgan fingerprint density at radius 1 is 1.00 bits per heavy atom. The summed E-state index contributed by atoms with van der Waals surface area (Å²) in [6, 6.07) is 3.43. The van der Waals surface area contributed by atoms with Crippen LogP contribution in [0.4, 0.5) is 17.6 Å². The van der Waals surface area contributed by atoms with E-state index in [1.165, 1.54) is 33.5 Å². The van der Waals surface area contributed by atoms with Crippen LogP contribution in [0.15, 0.2) is 38.8 Å². The molecule has 5 rings (SSSR count). The molecule has 198 valence electrons. The molecule has 2 aliphatic rings. The second-order valence-corrected chi connectivity index (χ2v) is 10.4. The van der Waals surface area contributed by atoms with E-state index in [2.05, 4.69) is 9.97 Å². The molecule has 0 aromatic carbocycles. The summed E-state index contributed by atoms with van der Waals surface area (Å²) in [5.41, 5.74) is -0.651. The summed E-state index contributed by atoms with van der Waals surface area (Å²) in [7, 11) is 1.55. The number of pyridine rings is 2. The van der Waals surface area contributed by atoms with Gasteiger partial charge in [0.05, 0.1) is 5.39 Å². The van der Waals surface area contributed by atoms with Gasteiger partial charge in [-0.05, 0) is 50.2 Å². The number of hydrogen-bond donors (Lipinski definition) is 1. The minimum Gasteiger partial charge on any atom is -0.329 e. The summed E-state index contributed by atoms with van der Waals surface area (Å²) in [4.78, 5) is 45.4. The van der Waals surface area contributed by atoms with Crippen molar-refractivity contribution >= 4 is 11.0 Å². The number of rotatable bonds is 3. The predicted molar refractivity (Wildman–Crippen MR) is 130 cm³/mol. The molecule has 2 fully saturated rings. The Hall–Kier alpha value is -3.24. The quantitative estimate of drug-likeness (QED) is 0.514. The van der Waals surface area contributed by atoms with E-state index < -0.39 is 52.8 Å². The molecule has 2 unspecified atom stereocenters. The van der Waals surface area contributed by atoms with E-state index in [-0.39, 0.29) is 60.7 Å². The molecule has 11 heteroatoms. The fourth-order valence-electron chi connectivity index (χ4n) is 5.81. The molecule has 1 N–H and O–H groups in total. The van der Waals surface area contributed by atoms with Crippen LogP contribution in [0.1, 0.15) is 79.8 Å². The van der Waals surface area contributed by atoms with E-state index >= 15 is 0 Å². The van der Waals surface area contributed by atoms with Gasteiger partial charge < -0.3 is 4.98 Å². The first-order valence-electron chi connectivity index (χ1n) is 12.4. The minimum absolute atomic E-state index is 0.0238. The number of hydrogen-bond acceptors (Lipinski definition) is 4. The summed E-state index contributed by atoms with van der Waals surface area (Å²) in [5, 5.41) is 0.165. The van der Waals surface area contributed by atoms with Crippen LogP contribution >= 0.6 is 0 Å². The van der Waals surface area contributed by atoms with Gasteiger partial charge >= 0.3 is 0 Å². The number of aryl methyl sites for hydroxylation is 1. The maximum absolute atomic E-state index is 15.0. The standard InChI is InChI=1S/C26H28F4N4O3/c1-14-32-22-19(23(36)33(14)2)12-18(24(37)34(22)17-6-8-25(27,28)9-7-17)15-5-10-26(29,30)20(11-15)16-3-4-21(35)31-13-16/h3-4,12-13,15,17,20H,5-11H2,1-2H3,(H,31,35). The van der Waals surface area contributed by atoms with Crippen LogP contribution < -0.4 is 16.7 Å². The zero-order valence-corrected chi connectivity index (χ0v) is 20.6. The van der Waals surface area contributed by atoms with Gasteiger partial charge in [-0.25, -0.2) is 22.5 Å². The summed E-state index contributed by atoms with van der Waals surface area (Å²) in [6.45, 7) is 1.62. The van der Waals surface area contributed by atoms with Gasteiger partial charge in [-0.1, -0.05) is 6.07 Å². The van der Waals surface area contributed by atoms with Crippen LogP contribution in [0.5, 0.6) is 0 Å². The fraction of sp³-hybridized carbons (Fsp3) is 0.538. The lowest BCUT2D eigenvalue weighted by molar-refractivity contribution is -0.0595. The van der Waals surface area contributed by atoms with Gasteiger partial charge in [0.25, 0.3) is 17.0 Å². The maximum atomic E-state index is 15.0. The van der Waals surface area contributed by atoms with Crippen LogP contribution in [-0.2, 0) is 7.05 Å². The second-order valence-electron chi connectivity index (χ2n) is 10.4. The monoisotopic (exact) mass is 520 g/mol. The summed E-state index contributed by atoms with van der Waals surface area (Å²) in [6.07, 6.45) is 0.0743. The molecule has 2 aliphatic carbocycles. The Labute approximate surface area is 209 Å². The minimum atomic E-state index is -3.05. The number of fused-ring (bicyclic) bond motifs is 1. The number of alkyl halides is 4. The first kappa shape index (κ1) is 25.4.